The van der Waals surface area contributed by atoms with Gasteiger partial charge in [-0.05, 0) is 25.7 Å². The molecule has 0 spiro atoms. The number of unbranched alkanes of at least 4 members (excludes halogenated alkanes) is 1. The minimum Gasteiger partial charge on any atom is -0.355 e. The smallest absolute Gasteiger partial charge is 0.236 e. The van der Waals surface area contributed by atoms with Crippen LogP contribution in [0.4, 0.5) is 0 Å². The van der Waals surface area contributed by atoms with E-state index >= 15 is 0 Å². The molecule has 0 heterocycles. The van der Waals surface area contributed by atoms with Crippen molar-refractivity contribution in [3.05, 3.63) is 0 Å². The van der Waals surface area contributed by atoms with E-state index in [0.717, 1.165) is 25.3 Å². The lowest BCUT2D eigenvalue weighted by Crippen LogP contribution is -2.43. The first-order valence-corrected chi connectivity index (χ1v) is 5.69. The Kier molecular flexibility index (Phi) is 4.39. The molecule has 1 aliphatic rings. The number of hydrogen-bond acceptors (Lipinski definition) is 2. The number of hydrogen-bond donors (Lipinski definition) is 2. The van der Waals surface area contributed by atoms with Crippen LogP contribution in [0.1, 0.15) is 40.0 Å². The van der Waals surface area contributed by atoms with E-state index in [-0.39, 0.29) is 11.9 Å². The molecule has 82 valence electrons. The molecule has 0 radical (unpaired) electrons. The summed E-state index contributed by atoms with van der Waals surface area (Å²) in [4.78, 5) is 11.5. The Balaban J connectivity index is 2.09. The lowest BCUT2D eigenvalue weighted by atomic mass is 10.3. The molecule has 1 saturated carbocycles. The molecule has 14 heavy (non-hydrogen) atoms. The van der Waals surface area contributed by atoms with E-state index in [0.29, 0.717) is 6.04 Å². The standard InChI is InChI=1S/C11H22N2O/c1-4-5-6-12-11(14)9(3)13-10-7-8(10)2/h8-10,13H,4-7H2,1-3H3,(H,12,14). The second-order valence-corrected chi connectivity index (χ2v) is 4.35. The molecule has 1 rings (SSSR count). The molecule has 0 aromatic rings. The SMILES string of the molecule is CCCCNC(=O)C(C)NC1CC1C. The Morgan fingerprint density at radius 2 is 2.21 bits per heavy atom. The van der Waals surface area contributed by atoms with Crippen molar-refractivity contribution in [2.45, 2.75) is 52.1 Å². The average Bonchev–Trinajstić information content (AvgIpc) is 2.82. The molecular formula is C11H22N2O. The highest BCUT2D eigenvalue weighted by Gasteiger charge is 2.34. The zero-order valence-electron chi connectivity index (χ0n) is 9.47. The van der Waals surface area contributed by atoms with Gasteiger partial charge in [0.1, 0.15) is 0 Å². The Morgan fingerprint density at radius 3 is 2.71 bits per heavy atom. The number of nitrogens with one attached hydrogen (secondary N) is 2. The molecule has 0 saturated heterocycles. The van der Waals surface area contributed by atoms with Crippen LogP contribution in [0, 0.1) is 5.92 Å². The molecule has 3 nitrogen and oxygen atoms in total. The predicted molar refractivity (Wildman–Crippen MR) is 58.1 cm³/mol. The molecule has 3 atom stereocenters. The number of rotatable bonds is 6. The van der Waals surface area contributed by atoms with Crippen LogP contribution in [0.5, 0.6) is 0 Å². The third-order valence-electron chi connectivity index (χ3n) is 2.80. The summed E-state index contributed by atoms with van der Waals surface area (Å²) in [5.41, 5.74) is 0. The molecule has 2 N–H and O–H groups in total. The number of carbonyl (C=O) groups excluding carboxylic acids is 1. The minimum absolute atomic E-state index is 0.0400. The van der Waals surface area contributed by atoms with Crippen LogP contribution in [0.2, 0.25) is 0 Å². The van der Waals surface area contributed by atoms with Gasteiger partial charge in [-0.1, -0.05) is 20.3 Å². The Morgan fingerprint density at radius 1 is 1.57 bits per heavy atom. The number of amides is 1. The summed E-state index contributed by atoms with van der Waals surface area (Å²) < 4.78 is 0. The molecule has 0 aromatic carbocycles. The molecule has 0 aliphatic heterocycles. The minimum atomic E-state index is -0.0400. The monoisotopic (exact) mass is 198 g/mol. The highest BCUT2D eigenvalue weighted by atomic mass is 16.2. The highest BCUT2D eigenvalue weighted by molar-refractivity contribution is 5.81. The lowest BCUT2D eigenvalue weighted by molar-refractivity contribution is -0.122. The van der Waals surface area contributed by atoms with Crippen LogP contribution in [-0.4, -0.2) is 24.5 Å². The third kappa shape index (κ3) is 3.66. The maximum Gasteiger partial charge on any atom is 0.236 e. The summed E-state index contributed by atoms with van der Waals surface area (Å²) in [5, 5.41) is 6.25. The summed E-state index contributed by atoms with van der Waals surface area (Å²) in [7, 11) is 0. The van der Waals surface area contributed by atoms with E-state index in [4.69, 9.17) is 0 Å². The fourth-order valence-corrected chi connectivity index (χ4v) is 1.49. The van der Waals surface area contributed by atoms with E-state index in [9.17, 15) is 4.79 Å². The third-order valence-corrected chi connectivity index (χ3v) is 2.80. The van der Waals surface area contributed by atoms with Crippen molar-refractivity contribution >= 4 is 5.91 Å². The quantitative estimate of drug-likeness (QED) is 0.631. The van der Waals surface area contributed by atoms with Gasteiger partial charge in [-0.15, -0.1) is 0 Å². The van der Waals surface area contributed by atoms with Gasteiger partial charge in [0.05, 0.1) is 6.04 Å². The summed E-state index contributed by atoms with van der Waals surface area (Å²) >= 11 is 0. The van der Waals surface area contributed by atoms with Crippen LogP contribution in [-0.2, 0) is 4.79 Å². The first-order chi connectivity index (χ1) is 6.65. The average molecular weight is 198 g/mol. The second kappa shape index (κ2) is 5.35. The van der Waals surface area contributed by atoms with Crippen molar-refractivity contribution in [2.24, 2.45) is 5.92 Å². The van der Waals surface area contributed by atoms with Gasteiger partial charge in [-0.2, -0.15) is 0 Å². The fourth-order valence-electron chi connectivity index (χ4n) is 1.49. The van der Waals surface area contributed by atoms with Gasteiger partial charge in [-0.25, -0.2) is 0 Å². The molecule has 0 bridgehead atoms. The van der Waals surface area contributed by atoms with E-state index in [1.807, 2.05) is 6.92 Å². The molecule has 1 amide bonds. The maximum absolute atomic E-state index is 11.5. The topological polar surface area (TPSA) is 41.1 Å². The summed E-state index contributed by atoms with van der Waals surface area (Å²) in [5.74, 6) is 0.887. The summed E-state index contributed by atoms with van der Waals surface area (Å²) in [6.07, 6.45) is 3.41. The summed E-state index contributed by atoms with van der Waals surface area (Å²) in [6.45, 7) is 7.08. The van der Waals surface area contributed by atoms with Crippen molar-refractivity contribution in [2.75, 3.05) is 6.54 Å². The zero-order valence-corrected chi connectivity index (χ0v) is 9.47. The fraction of sp³-hybridized carbons (Fsp3) is 0.909. The van der Waals surface area contributed by atoms with E-state index in [1.165, 1.54) is 6.42 Å². The van der Waals surface area contributed by atoms with Crippen molar-refractivity contribution in [3.63, 3.8) is 0 Å². The van der Waals surface area contributed by atoms with Gasteiger partial charge in [0.15, 0.2) is 0 Å². The van der Waals surface area contributed by atoms with Crippen LogP contribution in [0.3, 0.4) is 0 Å². The van der Waals surface area contributed by atoms with Crippen LogP contribution in [0.15, 0.2) is 0 Å². The molecule has 1 fully saturated rings. The highest BCUT2D eigenvalue weighted by Crippen LogP contribution is 2.29. The number of carbonyl (C=O) groups is 1. The van der Waals surface area contributed by atoms with E-state index < -0.39 is 0 Å². The lowest BCUT2D eigenvalue weighted by Gasteiger charge is -2.13. The van der Waals surface area contributed by atoms with Gasteiger partial charge < -0.3 is 10.6 Å². The normalized spacial score (nSPS) is 27.1. The first kappa shape index (κ1) is 11.5. The molecule has 1 aliphatic carbocycles. The Bertz CT molecular complexity index is 194. The second-order valence-electron chi connectivity index (χ2n) is 4.35. The van der Waals surface area contributed by atoms with Crippen molar-refractivity contribution in [1.29, 1.82) is 0 Å². The largest absolute Gasteiger partial charge is 0.355 e. The molecule has 3 unspecified atom stereocenters. The van der Waals surface area contributed by atoms with Crippen LogP contribution in [0.25, 0.3) is 0 Å². The Hall–Kier alpha value is -0.570. The molecule has 0 aromatic heterocycles. The Labute approximate surface area is 86.6 Å². The first-order valence-electron chi connectivity index (χ1n) is 5.69. The summed E-state index contributed by atoms with van der Waals surface area (Å²) in [6, 6.07) is 0.531. The van der Waals surface area contributed by atoms with Gasteiger partial charge >= 0.3 is 0 Å². The van der Waals surface area contributed by atoms with Gasteiger partial charge in [-0.3, -0.25) is 4.79 Å². The van der Waals surface area contributed by atoms with Crippen LogP contribution >= 0.6 is 0 Å². The van der Waals surface area contributed by atoms with E-state index in [1.54, 1.807) is 0 Å². The van der Waals surface area contributed by atoms with Crippen molar-refractivity contribution in [3.8, 4) is 0 Å². The predicted octanol–water partition coefficient (Wildman–Crippen LogP) is 1.29. The van der Waals surface area contributed by atoms with Crippen LogP contribution < -0.4 is 10.6 Å². The molecule has 3 heteroatoms. The van der Waals surface area contributed by atoms with Crippen molar-refractivity contribution < 1.29 is 4.79 Å². The molecular weight excluding hydrogens is 176 g/mol. The van der Waals surface area contributed by atoms with Gasteiger partial charge in [0.2, 0.25) is 5.91 Å². The maximum atomic E-state index is 11.5. The van der Waals surface area contributed by atoms with Crippen molar-refractivity contribution in [1.82, 2.24) is 10.6 Å². The van der Waals surface area contributed by atoms with Gasteiger partial charge in [0, 0.05) is 12.6 Å². The van der Waals surface area contributed by atoms with Gasteiger partial charge in [0.25, 0.3) is 0 Å². The zero-order chi connectivity index (χ0) is 10.6. The van der Waals surface area contributed by atoms with E-state index in [2.05, 4.69) is 24.5 Å².